The third kappa shape index (κ3) is 5.18. The van der Waals surface area contributed by atoms with E-state index in [0.717, 1.165) is 0 Å². The Labute approximate surface area is 99.2 Å². The summed E-state index contributed by atoms with van der Waals surface area (Å²) in [5, 5.41) is 16.9. The molecule has 2 rings (SSSR count). The zero-order valence-electron chi connectivity index (χ0n) is 7.94. The van der Waals surface area contributed by atoms with Gasteiger partial charge in [0.1, 0.15) is 0 Å². The van der Waals surface area contributed by atoms with Gasteiger partial charge in [-0.15, -0.1) is 0 Å². The second-order valence-electron chi connectivity index (χ2n) is 2.60. The molecule has 0 heterocycles. The van der Waals surface area contributed by atoms with E-state index in [-0.39, 0.29) is 23.0 Å². The summed E-state index contributed by atoms with van der Waals surface area (Å²) < 4.78 is 0. The average Bonchev–Trinajstić information content (AvgIpc) is 2.91. The molecule has 0 saturated carbocycles. The van der Waals surface area contributed by atoms with Crippen LogP contribution < -0.4 is 5.48 Å². The number of hydrogen-bond donors (Lipinski definition) is 3. The van der Waals surface area contributed by atoms with Crippen LogP contribution in [0.25, 0.3) is 0 Å². The van der Waals surface area contributed by atoms with Gasteiger partial charge in [-0.2, -0.15) is 18.2 Å². The second kappa shape index (κ2) is 8.00. The summed E-state index contributed by atoms with van der Waals surface area (Å²) in [7, 11) is 0. The van der Waals surface area contributed by atoms with Gasteiger partial charge in [0.15, 0.2) is 0 Å². The molecule has 0 radical (unpaired) electrons. The van der Waals surface area contributed by atoms with E-state index in [1.54, 1.807) is 29.8 Å². The van der Waals surface area contributed by atoms with Gasteiger partial charge in [-0.25, -0.2) is 17.6 Å². The van der Waals surface area contributed by atoms with Crippen molar-refractivity contribution in [1.82, 2.24) is 5.48 Å². The summed E-state index contributed by atoms with van der Waals surface area (Å²) in [5.41, 5.74) is 2.22. The number of hydrogen-bond acceptors (Lipinski definition) is 3. The first-order chi connectivity index (χ1) is 6.84. The van der Waals surface area contributed by atoms with E-state index >= 15 is 0 Å². The predicted molar refractivity (Wildman–Crippen MR) is 54.9 cm³/mol. The van der Waals surface area contributed by atoms with Gasteiger partial charge >= 0.3 is 0 Å². The van der Waals surface area contributed by atoms with Crippen LogP contribution in [0.3, 0.4) is 0 Å². The number of nitrogens with one attached hydrogen (secondary N) is 1. The quantitative estimate of drug-likeness (QED) is 0.308. The van der Waals surface area contributed by atoms with E-state index in [0.29, 0.717) is 5.57 Å². The Morgan fingerprint density at radius 1 is 1.13 bits per heavy atom. The number of hydroxylamine groups is 1. The van der Waals surface area contributed by atoms with Crippen molar-refractivity contribution in [2.45, 2.75) is 0 Å². The molecule has 3 nitrogen and oxygen atoms in total. The average molecular weight is 246 g/mol. The molecule has 0 aliphatic heterocycles. The van der Waals surface area contributed by atoms with E-state index in [2.05, 4.69) is 0 Å². The fourth-order valence-corrected chi connectivity index (χ4v) is 0.917. The van der Waals surface area contributed by atoms with Crippen molar-refractivity contribution in [3.63, 3.8) is 0 Å². The molecule has 1 aromatic carbocycles. The minimum Gasteiger partial charge on any atom is -0.493 e. The van der Waals surface area contributed by atoms with E-state index in [4.69, 9.17) is 10.3 Å². The smallest absolute Gasteiger partial charge is 0.215 e. The molecule has 15 heavy (non-hydrogen) atoms. The third-order valence-corrected chi connectivity index (χ3v) is 1.60. The second-order valence-corrected chi connectivity index (χ2v) is 2.60. The van der Waals surface area contributed by atoms with Crippen LogP contribution in [0, 0.1) is 0 Å². The van der Waals surface area contributed by atoms with Crippen LogP contribution in [0.4, 0.5) is 0 Å². The largest absolute Gasteiger partial charge is 0.493 e. The first-order valence-electron chi connectivity index (χ1n) is 4.19. The van der Waals surface area contributed by atoms with Gasteiger partial charge in [0.2, 0.25) is 5.88 Å². The molecule has 3 N–H and O–H groups in total. The van der Waals surface area contributed by atoms with Crippen LogP contribution in [-0.4, -0.2) is 10.3 Å². The Balaban J connectivity index is 0.000000280. The number of rotatable bonds is 1. The van der Waals surface area contributed by atoms with Gasteiger partial charge < -0.3 is 5.11 Å². The van der Waals surface area contributed by atoms with Gasteiger partial charge in [0, 0.05) is 22.6 Å². The molecule has 0 aromatic heterocycles. The van der Waals surface area contributed by atoms with Gasteiger partial charge in [-0.1, -0.05) is 12.2 Å². The Morgan fingerprint density at radius 3 is 2.00 bits per heavy atom. The van der Waals surface area contributed by atoms with Crippen LogP contribution in [0.2, 0.25) is 0 Å². The van der Waals surface area contributed by atoms with E-state index in [9.17, 15) is 0 Å². The van der Waals surface area contributed by atoms with Crippen molar-refractivity contribution in [2.24, 2.45) is 0 Å². The summed E-state index contributed by atoms with van der Waals surface area (Å²) in [6.07, 6.45) is 6.89. The molecule has 1 aliphatic rings. The van der Waals surface area contributed by atoms with Crippen molar-refractivity contribution >= 4 is 0 Å². The van der Waals surface area contributed by atoms with E-state index < -0.39 is 0 Å². The number of aliphatic hydroxyl groups is 1. The molecule has 0 amide bonds. The molecular formula is C11H12FeNO2-. The minimum atomic E-state index is -0.222. The van der Waals surface area contributed by atoms with Gasteiger partial charge in [-0.05, 0) is 12.2 Å². The first kappa shape index (κ1) is 13.6. The summed E-state index contributed by atoms with van der Waals surface area (Å²) >= 11 is 0. The van der Waals surface area contributed by atoms with E-state index in [1.165, 1.54) is 0 Å². The molecule has 0 unspecified atom stereocenters. The van der Waals surface area contributed by atoms with Crippen LogP contribution in [0.1, 0.15) is 0 Å². The van der Waals surface area contributed by atoms with Gasteiger partial charge in [0.25, 0.3) is 0 Å². The number of aliphatic hydroxyl groups excluding tert-OH is 1. The Hall–Kier alpha value is -1.35. The summed E-state index contributed by atoms with van der Waals surface area (Å²) in [6.45, 7) is 0. The monoisotopic (exact) mass is 246 g/mol. The predicted octanol–water partition coefficient (Wildman–Crippen LogP) is 2.26. The normalized spacial score (nSPS) is 11.4. The maximum atomic E-state index is 8.77. The van der Waals surface area contributed by atoms with Crippen LogP contribution in [-0.2, 0) is 17.1 Å². The fourth-order valence-electron chi connectivity index (χ4n) is 0.917. The molecule has 4 heteroatoms. The maximum absolute atomic E-state index is 8.77. The van der Waals surface area contributed by atoms with Crippen molar-refractivity contribution < 1.29 is 27.4 Å². The molecule has 0 fully saturated rings. The van der Waals surface area contributed by atoms with Crippen molar-refractivity contribution in [3.05, 3.63) is 66.1 Å². The zero-order valence-corrected chi connectivity index (χ0v) is 9.05. The third-order valence-electron chi connectivity index (χ3n) is 1.60. The standard InChI is InChI=1S/C6H7NO2.C5H5.Fe/c8-6(7-9)5-3-1-2-4-5;1-2-4-5-3-1;/h1-4,7-9H;1-5H;/q;-1;. The minimum absolute atomic E-state index is 0. The molecule has 82 valence electrons. The molecule has 0 bridgehead atoms. The van der Waals surface area contributed by atoms with Gasteiger partial charge in [0.05, 0.1) is 0 Å². The molecule has 0 atom stereocenters. The molecular weight excluding hydrogens is 234 g/mol. The van der Waals surface area contributed by atoms with Crippen LogP contribution in [0.15, 0.2) is 66.1 Å². The molecule has 0 spiro atoms. The summed E-state index contributed by atoms with van der Waals surface area (Å²) in [4.78, 5) is 0. The van der Waals surface area contributed by atoms with Crippen LogP contribution in [0.5, 0.6) is 0 Å². The molecule has 1 aromatic rings. The maximum Gasteiger partial charge on any atom is 0.215 e. The summed E-state index contributed by atoms with van der Waals surface area (Å²) in [5.74, 6) is -0.222. The fraction of sp³-hybridized carbons (Fsp3) is 0. The molecule has 0 saturated heterocycles. The van der Waals surface area contributed by atoms with Crippen molar-refractivity contribution in [3.8, 4) is 0 Å². The van der Waals surface area contributed by atoms with Crippen molar-refractivity contribution in [1.29, 1.82) is 0 Å². The first-order valence-corrected chi connectivity index (χ1v) is 4.19. The topological polar surface area (TPSA) is 52.5 Å². The Kier molecular flexibility index (Phi) is 7.28. The number of allylic oxidation sites excluding steroid dienone is 5. The Bertz CT molecular complexity index is 308. The zero-order chi connectivity index (χ0) is 10.2. The molecule has 1 aliphatic carbocycles. The van der Waals surface area contributed by atoms with Gasteiger partial charge in [-0.3, -0.25) is 5.21 Å². The van der Waals surface area contributed by atoms with Crippen molar-refractivity contribution in [2.75, 3.05) is 0 Å². The Morgan fingerprint density at radius 2 is 1.67 bits per heavy atom. The van der Waals surface area contributed by atoms with E-state index in [1.807, 2.05) is 30.3 Å². The summed E-state index contributed by atoms with van der Waals surface area (Å²) in [6, 6.07) is 10.0. The SMILES string of the molecule is ONC(O)=C1C=CC=C1.[Fe].c1cc[cH-]c1. The van der Waals surface area contributed by atoms with Crippen LogP contribution >= 0.6 is 0 Å².